The summed E-state index contributed by atoms with van der Waals surface area (Å²) in [7, 11) is 1.57. The molecule has 0 spiro atoms. The fraction of sp³-hybridized carbons (Fsp3) is 0.250. The molecular weight excluding hydrogens is 142 g/mol. The lowest BCUT2D eigenvalue weighted by Gasteiger charge is -2.00. The van der Waals surface area contributed by atoms with Gasteiger partial charge in [-0.1, -0.05) is 12.1 Å². The Balaban J connectivity index is 2.52. The number of aromatic hydroxyl groups is 1. The third kappa shape index (κ3) is 2.57. The summed E-state index contributed by atoms with van der Waals surface area (Å²) in [6, 6.07) is 6.96. The monoisotopic (exact) mass is 153 g/mol. The minimum atomic E-state index is 0.283. The Morgan fingerprint density at radius 2 is 2.00 bits per heavy atom. The Morgan fingerprint density at radius 3 is 2.55 bits per heavy atom. The maximum Gasteiger partial charge on any atom is 0.115 e. The van der Waals surface area contributed by atoms with Crippen molar-refractivity contribution in [1.29, 1.82) is 0 Å². The van der Waals surface area contributed by atoms with Crippen molar-refractivity contribution in [2.75, 3.05) is 7.11 Å². The maximum absolute atomic E-state index is 8.93. The zero-order valence-electron chi connectivity index (χ0n) is 6.37. The quantitative estimate of drug-likeness (QED) is 0.637. The number of rotatable bonds is 3. The summed E-state index contributed by atoms with van der Waals surface area (Å²) in [4.78, 5) is 4.66. The summed E-state index contributed by atoms with van der Waals surface area (Å²) in [6.45, 7) is 0.650. The third-order valence-corrected chi connectivity index (χ3v) is 1.36. The number of nitrogens with one attached hydrogen (secondary N) is 1. The van der Waals surface area contributed by atoms with Crippen LogP contribution in [0, 0.1) is 0 Å². The highest BCUT2D eigenvalue weighted by atomic mass is 16.6. The van der Waals surface area contributed by atoms with E-state index >= 15 is 0 Å². The fourth-order valence-electron chi connectivity index (χ4n) is 0.769. The molecular formula is C8H11NO2. The molecule has 1 aromatic rings. The van der Waals surface area contributed by atoms with E-state index in [2.05, 4.69) is 10.3 Å². The van der Waals surface area contributed by atoms with Crippen molar-refractivity contribution in [1.82, 2.24) is 5.48 Å². The summed E-state index contributed by atoms with van der Waals surface area (Å²) in [6.07, 6.45) is 0. The van der Waals surface area contributed by atoms with Crippen molar-refractivity contribution in [2.24, 2.45) is 0 Å². The van der Waals surface area contributed by atoms with Crippen LogP contribution in [0.4, 0.5) is 0 Å². The number of hydrogen-bond acceptors (Lipinski definition) is 3. The average molecular weight is 153 g/mol. The van der Waals surface area contributed by atoms with E-state index in [1.54, 1.807) is 19.2 Å². The first kappa shape index (κ1) is 8.04. The smallest absolute Gasteiger partial charge is 0.115 e. The van der Waals surface area contributed by atoms with Crippen LogP contribution in [0.15, 0.2) is 24.3 Å². The fourth-order valence-corrected chi connectivity index (χ4v) is 0.769. The van der Waals surface area contributed by atoms with E-state index in [-0.39, 0.29) is 5.75 Å². The van der Waals surface area contributed by atoms with Gasteiger partial charge in [0.1, 0.15) is 5.75 Å². The van der Waals surface area contributed by atoms with Crippen LogP contribution in [0.25, 0.3) is 0 Å². The zero-order valence-corrected chi connectivity index (χ0v) is 6.37. The summed E-state index contributed by atoms with van der Waals surface area (Å²) in [5.41, 5.74) is 3.78. The molecule has 3 heteroatoms. The number of hydrogen-bond donors (Lipinski definition) is 2. The lowest BCUT2D eigenvalue weighted by Crippen LogP contribution is -2.10. The van der Waals surface area contributed by atoms with E-state index in [0.29, 0.717) is 6.54 Å². The van der Waals surface area contributed by atoms with Crippen LogP contribution in [0.3, 0.4) is 0 Å². The Kier molecular flexibility index (Phi) is 2.89. The molecule has 0 aliphatic heterocycles. The van der Waals surface area contributed by atoms with Crippen LogP contribution >= 0.6 is 0 Å². The summed E-state index contributed by atoms with van der Waals surface area (Å²) in [5, 5.41) is 8.93. The average Bonchev–Trinajstić information content (AvgIpc) is 2.04. The van der Waals surface area contributed by atoms with Crippen LogP contribution in [0.1, 0.15) is 5.56 Å². The van der Waals surface area contributed by atoms with Gasteiger partial charge in [-0.15, -0.1) is 0 Å². The summed E-state index contributed by atoms with van der Waals surface area (Å²) < 4.78 is 0. The van der Waals surface area contributed by atoms with Crippen LogP contribution in [0.2, 0.25) is 0 Å². The highest BCUT2D eigenvalue weighted by molar-refractivity contribution is 5.25. The highest BCUT2D eigenvalue weighted by Crippen LogP contribution is 2.08. The van der Waals surface area contributed by atoms with Crippen molar-refractivity contribution in [2.45, 2.75) is 6.54 Å². The van der Waals surface area contributed by atoms with Gasteiger partial charge in [0, 0.05) is 6.54 Å². The molecule has 0 radical (unpaired) electrons. The van der Waals surface area contributed by atoms with Gasteiger partial charge >= 0.3 is 0 Å². The number of benzene rings is 1. The summed E-state index contributed by atoms with van der Waals surface area (Å²) >= 11 is 0. The SMILES string of the molecule is CONCc1ccc(O)cc1. The maximum atomic E-state index is 8.93. The molecule has 0 atom stereocenters. The van der Waals surface area contributed by atoms with Gasteiger partial charge in [0.15, 0.2) is 0 Å². The molecule has 60 valence electrons. The molecule has 0 heterocycles. The van der Waals surface area contributed by atoms with Gasteiger partial charge in [0.25, 0.3) is 0 Å². The molecule has 11 heavy (non-hydrogen) atoms. The number of phenolic OH excluding ortho intramolecular Hbond substituents is 1. The van der Waals surface area contributed by atoms with Crippen LogP contribution < -0.4 is 5.48 Å². The second-order valence-electron chi connectivity index (χ2n) is 2.19. The van der Waals surface area contributed by atoms with E-state index in [1.807, 2.05) is 12.1 Å². The molecule has 0 amide bonds. The minimum absolute atomic E-state index is 0.283. The Morgan fingerprint density at radius 1 is 1.36 bits per heavy atom. The second kappa shape index (κ2) is 3.95. The Hall–Kier alpha value is -1.06. The molecule has 0 unspecified atom stereocenters. The zero-order chi connectivity index (χ0) is 8.10. The Bertz CT molecular complexity index is 208. The van der Waals surface area contributed by atoms with Crippen LogP contribution in [-0.2, 0) is 11.4 Å². The molecule has 0 aliphatic rings. The molecule has 1 rings (SSSR count). The van der Waals surface area contributed by atoms with E-state index < -0.39 is 0 Å². The lowest BCUT2D eigenvalue weighted by atomic mass is 10.2. The molecule has 0 aromatic heterocycles. The van der Waals surface area contributed by atoms with Gasteiger partial charge in [-0.25, -0.2) is 0 Å². The molecule has 0 fully saturated rings. The largest absolute Gasteiger partial charge is 0.508 e. The normalized spacial score (nSPS) is 9.91. The molecule has 0 bridgehead atoms. The molecule has 2 N–H and O–H groups in total. The van der Waals surface area contributed by atoms with Gasteiger partial charge < -0.3 is 9.94 Å². The predicted octanol–water partition coefficient (Wildman–Crippen LogP) is 1.04. The van der Waals surface area contributed by atoms with E-state index in [0.717, 1.165) is 5.56 Å². The third-order valence-electron chi connectivity index (χ3n) is 1.36. The van der Waals surface area contributed by atoms with E-state index in [9.17, 15) is 0 Å². The van der Waals surface area contributed by atoms with Crippen molar-refractivity contribution in [3.05, 3.63) is 29.8 Å². The molecule has 0 aliphatic carbocycles. The van der Waals surface area contributed by atoms with Gasteiger partial charge in [-0.3, -0.25) is 0 Å². The van der Waals surface area contributed by atoms with Gasteiger partial charge in [-0.2, -0.15) is 5.48 Å². The van der Waals surface area contributed by atoms with Crippen LogP contribution in [-0.4, -0.2) is 12.2 Å². The van der Waals surface area contributed by atoms with E-state index in [1.165, 1.54) is 0 Å². The Labute approximate surface area is 65.6 Å². The van der Waals surface area contributed by atoms with Crippen molar-refractivity contribution in [3.8, 4) is 5.75 Å². The number of hydroxylamine groups is 1. The molecule has 1 aromatic carbocycles. The minimum Gasteiger partial charge on any atom is -0.508 e. The number of phenols is 1. The summed E-state index contributed by atoms with van der Waals surface area (Å²) in [5.74, 6) is 0.283. The van der Waals surface area contributed by atoms with Crippen molar-refractivity contribution in [3.63, 3.8) is 0 Å². The second-order valence-corrected chi connectivity index (χ2v) is 2.19. The first-order chi connectivity index (χ1) is 5.33. The first-order valence-electron chi connectivity index (χ1n) is 3.36. The van der Waals surface area contributed by atoms with Gasteiger partial charge in [0.2, 0.25) is 0 Å². The topological polar surface area (TPSA) is 41.5 Å². The predicted molar refractivity (Wildman–Crippen MR) is 42.0 cm³/mol. The molecule has 0 saturated carbocycles. The first-order valence-corrected chi connectivity index (χ1v) is 3.36. The van der Waals surface area contributed by atoms with E-state index in [4.69, 9.17) is 5.11 Å². The van der Waals surface area contributed by atoms with Crippen LogP contribution in [0.5, 0.6) is 5.75 Å². The van der Waals surface area contributed by atoms with Gasteiger partial charge in [-0.05, 0) is 17.7 Å². The highest BCUT2D eigenvalue weighted by Gasteiger charge is 1.90. The standard InChI is InChI=1S/C8H11NO2/c1-11-9-6-7-2-4-8(10)5-3-7/h2-5,9-10H,6H2,1H3. The van der Waals surface area contributed by atoms with Gasteiger partial charge in [0.05, 0.1) is 7.11 Å². The lowest BCUT2D eigenvalue weighted by molar-refractivity contribution is 0.0867. The molecule has 0 saturated heterocycles. The van der Waals surface area contributed by atoms with Crippen molar-refractivity contribution < 1.29 is 9.94 Å². The van der Waals surface area contributed by atoms with Crippen molar-refractivity contribution >= 4 is 0 Å². The molecule has 3 nitrogen and oxygen atoms in total.